The predicted molar refractivity (Wildman–Crippen MR) is 126 cm³/mol. The third-order valence-electron chi connectivity index (χ3n) is 5.53. The minimum atomic E-state index is -3.63. The summed E-state index contributed by atoms with van der Waals surface area (Å²) < 4.78 is 30.6. The maximum absolute atomic E-state index is 13.4. The van der Waals surface area contributed by atoms with E-state index in [4.69, 9.17) is 0 Å². The Morgan fingerprint density at radius 3 is 2.65 bits per heavy atom. The zero-order valence-electron chi connectivity index (χ0n) is 17.6. The van der Waals surface area contributed by atoms with Crippen LogP contribution in [0.25, 0.3) is 0 Å². The van der Waals surface area contributed by atoms with Gasteiger partial charge in [-0.15, -0.1) is 0 Å². The summed E-state index contributed by atoms with van der Waals surface area (Å²) in [6.45, 7) is 1.46. The van der Waals surface area contributed by atoms with E-state index in [9.17, 15) is 8.42 Å². The normalized spacial score (nSPS) is 17.5. The van der Waals surface area contributed by atoms with E-state index in [0.29, 0.717) is 26.1 Å². The Bertz CT molecular complexity index is 1120. The number of nitrogens with one attached hydrogen (secondary N) is 1. The molecule has 1 unspecified atom stereocenters. The zero-order chi connectivity index (χ0) is 22.0. The van der Waals surface area contributed by atoms with Crippen molar-refractivity contribution >= 4 is 31.8 Å². The molecule has 3 aromatic rings. The van der Waals surface area contributed by atoms with Gasteiger partial charge in [0.15, 0.2) is 0 Å². The van der Waals surface area contributed by atoms with Crippen molar-refractivity contribution in [2.75, 3.05) is 25.5 Å². The van der Waals surface area contributed by atoms with Crippen molar-refractivity contribution in [1.29, 1.82) is 0 Å². The minimum absolute atomic E-state index is 0.236. The molecule has 1 atom stereocenters. The average Bonchev–Trinajstić information content (AvgIpc) is 3.19. The molecule has 7 nitrogen and oxygen atoms in total. The lowest BCUT2D eigenvalue weighted by molar-refractivity contribution is 0.297. The number of halogens is 1. The van der Waals surface area contributed by atoms with Crippen molar-refractivity contribution in [3.63, 3.8) is 0 Å². The number of anilines is 1. The first-order valence-corrected chi connectivity index (χ1v) is 12.3. The maximum atomic E-state index is 13.4. The molecule has 1 aromatic heterocycles. The number of nitrogens with zero attached hydrogens (tertiary/aromatic N) is 4. The molecular formula is C22H26BrN5O2S. The fourth-order valence-electron chi connectivity index (χ4n) is 3.98. The van der Waals surface area contributed by atoms with Crippen LogP contribution in [0, 0.1) is 0 Å². The molecule has 0 fully saturated rings. The Balaban J connectivity index is 1.79. The molecule has 1 aliphatic heterocycles. The molecule has 0 saturated heterocycles. The van der Waals surface area contributed by atoms with E-state index in [2.05, 4.69) is 36.9 Å². The fraction of sp³-hybridized carbons (Fsp3) is 0.318. The highest BCUT2D eigenvalue weighted by Gasteiger charge is 2.36. The Hall–Kier alpha value is -2.20. The van der Waals surface area contributed by atoms with E-state index < -0.39 is 10.2 Å². The molecule has 1 N–H and O–H groups in total. The lowest BCUT2D eigenvalue weighted by atomic mass is 10.1. The smallest absolute Gasteiger partial charge is 0.282 e. The van der Waals surface area contributed by atoms with Gasteiger partial charge in [0, 0.05) is 49.6 Å². The van der Waals surface area contributed by atoms with Crippen LogP contribution >= 0.6 is 15.9 Å². The summed E-state index contributed by atoms with van der Waals surface area (Å²) in [5, 5.41) is 0. The summed E-state index contributed by atoms with van der Waals surface area (Å²) in [7, 11) is -0.458. The number of H-pyrrole nitrogens is 1. The van der Waals surface area contributed by atoms with Crippen molar-refractivity contribution in [3.8, 4) is 0 Å². The van der Waals surface area contributed by atoms with Gasteiger partial charge in [-0.05, 0) is 35.7 Å². The van der Waals surface area contributed by atoms with E-state index in [1.807, 2.05) is 48.7 Å². The van der Waals surface area contributed by atoms with Crippen LogP contribution in [0.5, 0.6) is 0 Å². The van der Waals surface area contributed by atoms with Gasteiger partial charge in [-0.25, -0.2) is 4.98 Å². The van der Waals surface area contributed by atoms with Crippen molar-refractivity contribution in [3.05, 3.63) is 82.3 Å². The van der Waals surface area contributed by atoms with E-state index in [1.54, 1.807) is 24.7 Å². The number of aromatic amines is 1. The van der Waals surface area contributed by atoms with Gasteiger partial charge >= 0.3 is 0 Å². The highest BCUT2D eigenvalue weighted by molar-refractivity contribution is 9.10. The SMILES string of the molecule is CN(C)S(=O)(=O)N1Cc2cc(Br)ccc2N(Cc2c[nH]cn2)CC1Cc1ccccc1. The Morgan fingerprint density at radius 2 is 1.97 bits per heavy atom. The molecule has 0 amide bonds. The Kier molecular flexibility index (Phi) is 6.47. The van der Waals surface area contributed by atoms with Gasteiger partial charge in [-0.3, -0.25) is 0 Å². The van der Waals surface area contributed by atoms with Crippen LogP contribution in [0.2, 0.25) is 0 Å². The number of fused-ring (bicyclic) bond motifs is 1. The molecule has 0 bridgehead atoms. The number of hydrogen-bond donors (Lipinski definition) is 1. The van der Waals surface area contributed by atoms with Crippen LogP contribution in [-0.2, 0) is 29.7 Å². The third-order valence-corrected chi connectivity index (χ3v) is 7.96. The number of imidazole rings is 1. The average molecular weight is 504 g/mol. The Morgan fingerprint density at radius 1 is 1.19 bits per heavy atom. The topological polar surface area (TPSA) is 72.5 Å². The van der Waals surface area contributed by atoms with Gasteiger partial charge in [0.25, 0.3) is 10.2 Å². The van der Waals surface area contributed by atoms with Crippen LogP contribution in [-0.4, -0.2) is 53.7 Å². The predicted octanol–water partition coefficient (Wildman–Crippen LogP) is 3.41. The third kappa shape index (κ3) is 4.85. The van der Waals surface area contributed by atoms with Crippen molar-refractivity contribution in [1.82, 2.24) is 18.6 Å². The van der Waals surface area contributed by atoms with E-state index in [1.165, 1.54) is 4.31 Å². The Labute approximate surface area is 192 Å². The largest absolute Gasteiger partial charge is 0.364 e. The van der Waals surface area contributed by atoms with Crippen LogP contribution < -0.4 is 4.90 Å². The lowest BCUT2D eigenvalue weighted by Gasteiger charge is -2.33. The molecular weight excluding hydrogens is 478 g/mol. The molecule has 164 valence electrons. The molecule has 9 heteroatoms. The molecule has 0 saturated carbocycles. The number of aromatic nitrogens is 2. The molecule has 2 aromatic carbocycles. The molecule has 2 heterocycles. The molecule has 0 aliphatic carbocycles. The molecule has 1 aliphatic rings. The lowest BCUT2D eigenvalue weighted by Crippen LogP contribution is -2.49. The summed E-state index contributed by atoms with van der Waals surface area (Å²) in [5.41, 5.74) is 4.01. The van der Waals surface area contributed by atoms with Gasteiger partial charge in [0.2, 0.25) is 0 Å². The van der Waals surface area contributed by atoms with E-state index in [0.717, 1.165) is 27.0 Å². The van der Waals surface area contributed by atoms with Crippen molar-refractivity contribution in [2.45, 2.75) is 25.6 Å². The fourth-order valence-corrected chi connectivity index (χ4v) is 5.63. The second kappa shape index (κ2) is 9.12. The zero-order valence-corrected chi connectivity index (χ0v) is 20.0. The summed E-state index contributed by atoms with van der Waals surface area (Å²) in [5.74, 6) is 0. The summed E-state index contributed by atoms with van der Waals surface area (Å²) in [4.78, 5) is 9.63. The van der Waals surface area contributed by atoms with Gasteiger partial charge in [-0.1, -0.05) is 46.3 Å². The van der Waals surface area contributed by atoms with Crippen molar-refractivity contribution < 1.29 is 8.42 Å². The molecule has 4 rings (SSSR count). The van der Waals surface area contributed by atoms with Gasteiger partial charge in [0.1, 0.15) is 0 Å². The second-order valence-corrected chi connectivity index (χ2v) is 10.9. The number of benzene rings is 2. The summed E-state index contributed by atoms with van der Waals surface area (Å²) in [6, 6.07) is 15.9. The van der Waals surface area contributed by atoms with Crippen LogP contribution in [0.15, 0.2) is 65.5 Å². The summed E-state index contributed by atoms with van der Waals surface area (Å²) in [6.07, 6.45) is 4.17. The van der Waals surface area contributed by atoms with Gasteiger partial charge in [-0.2, -0.15) is 17.0 Å². The first-order chi connectivity index (χ1) is 14.8. The number of rotatable bonds is 6. The van der Waals surface area contributed by atoms with Gasteiger partial charge < -0.3 is 9.88 Å². The maximum Gasteiger partial charge on any atom is 0.282 e. The van der Waals surface area contributed by atoms with Crippen LogP contribution in [0.3, 0.4) is 0 Å². The molecule has 0 spiro atoms. The molecule has 0 radical (unpaired) electrons. The van der Waals surface area contributed by atoms with Gasteiger partial charge in [0.05, 0.1) is 18.6 Å². The highest BCUT2D eigenvalue weighted by Crippen LogP contribution is 2.33. The van der Waals surface area contributed by atoms with Crippen molar-refractivity contribution in [2.24, 2.45) is 0 Å². The summed E-state index contributed by atoms with van der Waals surface area (Å²) >= 11 is 3.55. The molecule has 31 heavy (non-hydrogen) atoms. The van der Waals surface area contributed by atoms with E-state index >= 15 is 0 Å². The van der Waals surface area contributed by atoms with E-state index in [-0.39, 0.29) is 6.04 Å². The van der Waals surface area contributed by atoms with Crippen LogP contribution in [0.1, 0.15) is 16.8 Å². The van der Waals surface area contributed by atoms with Crippen LogP contribution in [0.4, 0.5) is 5.69 Å². The first kappa shape index (κ1) is 22.0. The monoisotopic (exact) mass is 503 g/mol. The number of hydrogen-bond acceptors (Lipinski definition) is 4. The first-order valence-electron chi connectivity index (χ1n) is 10.1. The second-order valence-electron chi connectivity index (χ2n) is 7.89. The highest BCUT2D eigenvalue weighted by atomic mass is 79.9. The minimum Gasteiger partial charge on any atom is -0.364 e. The quantitative estimate of drug-likeness (QED) is 0.559. The standard InChI is InChI=1S/C22H26BrN5O2S/c1-26(2)31(29,30)28-13-18-11-19(23)8-9-22(18)27(14-20-12-24-16-25-20)15-21(28)10-17-6-4-3-5-7-17/h3-9,11-12,16,21H,10,13-15H2,1-2H3,(H,24,25).